The molecule has 0 aromatic heterocycles. The van der Waals surface area contributed by atoms with E-state index >= 15 is 0 Å². The third kappa shape index (κ3) is 6.93. The molecule has 0 radical (unpaired) electrons. The fourth-order valence-electron chi connectivity index (χ4n) is 0.525. The molecule has 0 saturated carbocycles. The van der Waals surface area contributed by atoms with E-state index < -0.39 is 0 Å². The lowest BCUT2D eigenvalue weighted by Gasteiger charge is -1.96. The van der Waals surface area contributed by atoms with Gasteiger partial charge in [0.2, 0.25) is 0 Å². The van der Waals surface area contributed by atoms with Crippen LogP contribution in [-0.4, -0.2) is 7.18 Å². The minimum atomic E-state index is 0.500. The van der Waals surface area contributed by atoms with Crippen molar-refractivity contribution >= 4 is 49.2 Å². The first kappa shape index (κ1) is 17.0. The van der Waals surface area contributed by atoms with Gasteiger partial charge >= 0.3 is 0 Å². The molecule has 0 atom stereocenters. The third-order valence-corrected chi connectivity index (χ3v) is 3.18. The van der Waals surface area contributed by atoms with Crippen LogP contribution in [0.4, 0.5) is 4.39 Å². The van der Waals surface area contributed by atoms with Crippen LogP contribution < -0.4 is 0 Å². The lowest BCUT2D eigenvalue weighted by atomic mass is 10.4. The predicted molar refractivity (Wildman–Crippen MR) is 69.2 cm³/mol. The Morgan fingerprint density at radius 1 is 1.29 bits per heavy atom. The highest BCUT2D eigenvalue weighted by atomic mass is 79.9. The normalized spacial score (nSPS) is 7.93. The molecule has 0 aliphatic rings. The van der Waals surface area contributed by atoms with Crippen LogP contribution in [0, 0.1) is 0 Å². The van der Waals surface area contributed by atoms with Crippen molar-refractivity contribution in [3.05, 3.63) is 27.7 Å². The molecule has 0 aliphatic carbocycles. The van der Waals surface area contributed by atoms with E-state index in [-0.39, 0.29) is 0 Å². The molecule has 1 aromatic carbocycles. The number of benzene rings is 1. The van der Waals surface area contributed by atoms with E-state index in [9.17, 15) is 4.39 Å². The van der Waals surface area contributed by atoms with Gasteiger partial charge in [-0.2, -0.15) is 0 Å². The summed E-state index contributed by atoms with van der Waals surface area (Å²) in [6.07, 6.45) is 0. The molecule has 0 N–H and O–H groups in total. The standard InChI is InChI=1S/C6H3BrCl2S.C2H6.CH3F/c7-5-2-1-4(10-9)3-6(5)8;2*1-2/h1-3H;1-2H3;1H3. The van der Waals surface area contributed by atoms with E-state index in [0.717, 1.165) is 20.3 Å². The van der Waals surface area contributed by atoms with E-state index in [4.69, 9.17) is 22.3 Å². The number of alkyl halides is 1. The zero-order chi connectivity index (χ0) is 11.6. The number of hydrogen-bond donors (Lipinski definition) is 0. The van der Waals surface area contributed by atoms with Crippen LogP contribution in [0.3, 0.4) is 0 Å². The highest BCUT2D eigenvalue weighted by Gasteiger charge is 1.97. The van der Waals surface area contributed by atoms with Gasteiger partial charge in [0, 0.05) is 9.37 Å². The molecule has 0 bridgehead atoms. The van der Waals surface area contributed by atoms with Gasteiger partial charge < -0.3 is 0 Å². The van der Waals surface area contributed by atoms with Gasteiger partial charge in [-0.05, 0) is 55.8 Å². The summed E-state index contributed by atoms with van der Waals surface area (Å²) in [5.74, 6) is 0. The first-order chi connectivity index (χ1) is 6.74. The van der Waals surface area contributed by atoms with E-state index in [2.05, 4.69) is 15.9 Å². The first-order valence-electron chi connectivity index (χ1n) is 3.85. The zero-order valence-electron chi connectivity index (χ0n) is 8.15. The molecular weight excluding hydrogens is 310 g/mol. The molecule has 14 heavy (non-hydrogen) atoms. The van der Waals surface area contributed by atoms with Crippen molar-refractivity contribution in [3.63, 3.8) is 0 Å². The summed E-state index contributed by atoms with van der Waals surface area (Å²) in [5.41, 5.74) is 0. The Kier molecular flexibility index (Phi) is 14.1. The highest BCUT2D eigenvalue weighted by molar-refractivity contribution is 9.10. The molecule has 1 aromatic rings. The summed E-state index contributed by atoms with van der Waals surface area (Å²) in [6, 6.07) is 5.57. The van der Waals surface area contributed by atoms with Gasteiger partial charge in [-0.3, -0.25) is 4.39 Å². The van der Waals surface area contributed by atoms with Crippen molar-refractivity contribution in [1.29, 1.82) is 0 Å². The van der Waals surface area contributed by atoms with Crippen LogP contribution in [0.2, 0.25) is 5.02 Å². The molecule has 1 rings (SSSR count). The van der Waals surface area contributed by atoms with Gasteiger partial charge in [0.25, 0.3) is 0 Å². The van der Waals surface area contributed by atoms with Crippen molar-refractivity contribution < 1.29 is 4.39 Å². The quantitative estimate of drug-likeness (QED) is 0.615. The summed E-state index contributed by atoms with van der Waals surface area (Å²) < 4.78 is 10.4. The van der Waals surface area contributed by atoms with Gasteiger partial charge in [0.1, 0.15) is 0 Å². The molecule has 0 fully saturated rings. The Hall–Kier alpha value is 0.560. The molecule has 82 valence electrons. The van der Waals surface area contributed by atoms with Gasteiger partial charge in [-0.15, -0.1) is 0 Å². The molecule has 0 nitrogen and oxygen atoms in total. The highest BCUT2D eigenvalue weighted by Crippen LogP contribution is 2.29. The van der Waals surface area contributed by atoms with Crippen LogP contribution >= 0.6 is 49.2 Å². The summed E-state index contributed by atoms with van der Waals surface area (Å²) in [7, 11) is 7.15. The van der Waals surface area contributed by atoms with Crippen molar-refractivity contribution in [2.24, 2.45) is 0 Å². The zero-order valence-corrected chi connectivity index (χ0v) is 12.1. The summed E-state index contributed by atoms with van der Waals surface area (Å²) in [6.45, 7) is 4.00. The minimum Gasteiger partial charge on any atom is -0.255 e. The predicted octanol–water partition coefficient (Wildman–Crippen LogP) is 5.96. The fraction of sp³-hybridized carbons (Fsp3) is 0.333. The van der Waals surface area contributed by atoms with Crippen LogP contribution in [0.1, 0.15) is 13.8 Å². The first-order valence-corrected chi connectivity index (χ1v) is 6.67. The second-order valence-electron chi connectivity index (χ2n) is 1.65. The van der Waals surface area contributed by atoms with Gasteiger partial charge in [-0.25, -0.2) is 0 Å². The fourth-order valence-corrected chi connectivity index (χ4v) is 1.59. The maximum atomic E-state index is 9.50. The monoisotopic (exact) mass is 320 g/mol. The molecular formula is C9H12BrCl2FS. The maximum absolute atomic E-state index is 9.50. The Labute approximate surface area is 107 Å². The Morgan fingerprint density at radius 3 is 2.14 bits per heavy atom. The second kappa shape index (κ2) is 11.6. The van der Waals surface area contributed by atoms with Crippen molar-refractivity contribution in [2.45, 2.75) is 18.7 Å². The van der Waals surface area contributed by atoms with Crippen molar-refractivity contribution in [1.82, 2.24) is 0 Å². The minimum absolute atomic E-state index is 0.500. The van der Waals surface area contributed by atoms with E-state index in [1.54, 1.807) is 0 Å². The number of hydrogen-bond acceptors (Lipinski definition) is 1. The van der Waals surface area contributed by atoms with E-state index in [1.165, 1.54) is 0 Å². The van der Waals surface area contributed by atoms with Gasteiger partial charge in [0.05, 0.1) is 12.2 Å². The lowest BCUT2D eigenvalue weighted by Crippen LogP contribution is -1.69. The van der Waals surface area contributed by atoms with E-state index in [0.29, 0.717) is 12.2 Å². The van der Waals surface area contributed by atoms with Crippen molar-refractivity contribution in [2.75, 3.05) is 7.18 Å². The van der Waals surface area contributed by atoms with Crippen LogP contribution in [0.25, 0.3) is 0 Å². The average molecular weight is 322 g/mol. The van der Waals surface area contributed by atoms with Gasteiger partial charge in [-0.1, -0.05) is 25.4 Å². The molecule has 5 heteroatoms. The number of halogens is 4. The summed E-state index contributed by atoms with van der Waals surface area (Å²) in [4.78, 5) is 0.954. The van der Waals surface area contributed by atoms with Crippen LogP contribution in [0.15, 0.2) is 27.6 Å². The smallest absolute Gasteiger partial charge is 0.0785 e. The number of rotatable bonds is 1. The molecule has 0 heterocycles. The molecule has 0 amide bonds. The third-order valence-electron chi connectivity index (χ3n) is 0.980. The topological polar surface area (TPSA) is 0 Å². The Balaban J connectivity index is 0. The molecule has 0 saturated heterocycles. The van der Waals surface area contributed by atoms with Crippen molar-refractivity contribution in [3.8, 4) is 0 Å². The Morgan fingerprint density at radius 2 is 1.79 bits per heavy atom. The second-order valence-corrected chi connectivity index (χ2v) is 4.00. The summed E-state index contributed by atoms with van der Waals surface area (Å²) >= 11 is 9.05. The molecule has 0 spiro atoms. The average Bonchev–Trinajstić information content (AvgIpc) is 2.28. The maximum Gasteiger partial charge on any atom is 0.0785 e. The van der Waals surface area contributed by atoms with E-state index in [1.807, 2.05) is 32.0 Å². The molecule has 0 unspecified atom stereocenters. The van der Waals surface area contributed by atoms with Crippen LogP contribution in [-0.2, 0) is 0 Å². The largest absolute Gasteiger partial charge is 0.255 e. The van der Waals surface area contributed by atoms with Gasteiger partial charge in [0.15, 0.2) is 0 Å². The van der Waals surface area contributed by atoms with Crippen LogP contribution in [0.5, 0.6) is 0 Å². The summed E-state index contributed by atoms with van der Waals surface area (Å²) in [5, 5.41) is 0.686. The SMILES string of the molecule is CC.CF.ClSc1ccc(Br)c(Cl)c1. The Bertz CT molecular complexity index is 246. The lowest BCUT2D eigenvalue weighted by molar-refractivity contribution is 0.636. The molecule has 0 aliphatic heterocycles.